The molecule has 3 rings (SSSR count). The van der Waals surface area contributed by atoms with Crippen LogP contribution in [-0.4, -0.2) is 97.1 Å². The Morgan fingerprint density at radius 3 is 2.36 bits per heavy atom. The molecule has 0 aromatic heterocycles. The molecule has 0 bridgehead atoms. The second kappa shape index (κ2) is 7.49. The third-order valence-electron chi connectivity index (χ3n) is 5.43. The molecule has 3 fully saturated rings. The van der Waals surface area contributed by atoms with Gasteiger partial charge in [0, 0.05) is 46.3 Å². The molecule has 25 heavy (non-hydrogen) atoms. The summed E-state index contributed by atoms with van der Waals surface area (Å²) in [5, 5.41) is 0. The monoisotopic (exact) mass is 352 g/mol. The Bertz CT molecular complexity index is 531. The number of rotatable bonds is 2. The summed E-state index contributed by atoms with van der Waals surface area (Å²) in [6.45, 7) is 3.70. The van der Waals surface area contributed by atoms with E-state index in [1.807, 2.05) is 4.90 Å². The fourth-order valence-electron chi connectivity index (χ4n) is 4.03. The number of urea groups is 1. The molecule has 0 N–H and O–H groups in total. The molecule has 3 aliphatic heterocycles. The maximum atomic E-state index is 12.9. The summed E-state index contributed by atoms with van der Waals surface area (Å²) in [7, 11) is 3.48. The highest BCUT2D eigenvalue weighted by Gasteiger charge is 2.36. The molecule has 0 radical (unpaired) electrons. The Labute approximate surface area is 148 Å². The minimum Gasteiger partial charge on any atom is -0.448 e. The van der Waals surface area contributed by atoms with E-state index < -0.39 is 0 Å². The molecular formula is C17H28N4O4. The topological polar surface area (TPSA) is 73.4 Å². The van der Waals surface area contributed by atoms with Gasteiger partial charge in [-0.25, -0.2) is 9.59 Å². The number of hydrogen-bond donors (Lipinski definition) is 0. The molecule has 0 aliphatic carbocycles. The zero-order valence-electron chi connectivity index (χ0n) is 15.1. The molecule has 0 aromatic rings. The van der Waals surface area contributed by atoms with Crippen molar-refractivity contribution in [3.8, 4) is 0 Å². The van der Waals surface area contributed by atoms with E-state index in [1.165, 1.54) is 0 Å². The highest BCUT2D eigenvalue weighted by atomic mass is 16.6. The van der Waals surface area contributed by atoms with E-state index in [0.29, 0.717) is 32.8 Å². The standard InChI is InChI=1S/C17H28N4O4/c1-18(2)16(23)20-7-3-4-13(12-20)15(22)19-8-5-14(6-9-19)21-10-11-25-17(21)24/h13-14H,3-12H2,1-2H3. The third kappa shape index (κ3) is 3.82. The van der Waals surface area contributed by atoms with E-state index in [1.54, 1.807) is 28.8 Å². The van der Waals surface area contributed by atoms with Gasteiger partial charge in [-0.2, -0.15) is 0 Å². The molecule has 0 spiro atoms. The van der Waals surface area contributed by atoms with Gasteiger partial charge in [-0.3, -0.25) is 4.79 Å². The number of carbonyl (C=O) groups is 3. The SMILES string of the molecule is CN(C)C(=O)N1CCCC(C(=O)N2CCC(N3CCOC3=O)CC2)C1. The number of nitrogens with zero attached hydrogens (tertiary/aromatic N) is 4. The third-order valence-corrected chi connectivity index (χ3v) is 5.43. The molecular weight excluding hydrogens is 324 g/mol. The molecule has 3 saturated heterocycles. The van der Waals surface area contributed by atoms with Gasteiger partial charge in [-0.1, -0.05) is 0 Å². The highest BCUT2D eigenvalue weighted by molar-refractivity contribution is 5.81. The predicted molar refractivity (Wildman–Crippen MR) is 91.0 cm³/mol. The first kappa shape index (κ1) is 17.8. The molecule has 8 heteroatoms. The number of amides is 4. The zero-order valence-corrected chi connectivity index (χ0v) is 15.1. The largest absolute Gasteiger partial charge is 0.448 e. The van der Waals surface area contributed by atoms with Gasteiger partial charge in [0.2, 0.25) is 5.91 Å². The first-order valence-corrected chi connectivity index (χ1v) is 9.16. The van der Waals surface area contributed by atoms with Crippen LogP contribution >= 0.6 is 0 Å². The van der Waals surface area contributed by atoms with Crippen molar-refractivity contribution in [1.82, 2.24) is 19.6 Å². The number of carbonyl (C=O) groups excluding carboxylic acids is 3. The van der Waals surface area contributed by atoms with Crippen LogP contribution < -0.4 is 0 Å². The van der Waals surface area contributed by atoms with E-state index in [2.05, 4.69) is 0 Å². The first-order valence-electron chi connectivity index (χ1n) is 9.16. The Hall–Kier alpha value is -1.99. The number of ether oxygens (including phenoxy) is 1. The van der Waals surface area contributed by atoms with Gasteiger partial charge < -0.3 is 24.3 Å². The van der Waals surface area contributed by atoms with Crippen molar-refractivity contribution in [1.29, 1.82) is 0 Å². The first-order chi connectivity index (χ1) is 12.0. The summed E-state index contributed by atoms with van der Waals surface area (Å²) < 4.78 is 5.01. The van der Waals surface area contributed by atoms with Crippen LogP contribution in [-0.2, 0) is 9.53 Å². The maximum absolute atomic E-state index is 12.9. The van der Waals surface area contributed by atoms with Crippen molar-refractivity contribution >= 4 is 18.0 Å². The van der Waals surface area contributed by atoms with Gasteiger partial charge >= 0.3 is 12.1 Å². The lowest BCUT2D eigenvalue weighted by molar-refractivity contribution is -0.138. The lowest BCUT2D eigenvalue weighted by Crippen LogP contribution is -2.52. The van der Waals surface area contributed by atoms with Gasteiger partial charge in [-0.15, -0.1) is 0 Å². The summed E-state index contributed by atoms with van der Waals surface area (Å²) in [4.78, 5) is 43.7. The Morgan fingerprint density at radius 2 is 1.76 bits per heavy atom. The van der Waals surface area contributed by atoms with E-state index in [-0.39, 0.29) is 30.0 Å². The molecule has 0 aromatic carbocycles. The smallest absolute Gasteiger partial charge is 0.410 e. The van der Waals surface area contributed by atoms with Crippen LogP contribution in [0.3, 0.4) is 0 Å². The average Bonchev–Trinajstić information content (AvgIpc) is 3.06. The zero-order chi connectivity index (χ0) is 18.0. The van der Waals surface area contributed by atoms with Gasteiger partial charge in [0.15, 0.2) is 0 Å². The number of cyclic esters (lactones) is 1. The summed E-state index contributed by atoms with van der Waals surface area (Å²) >= 11 is 0. The van der Waals surface area contributed by atoms with E-state index in [0.717, 1.165) is 32.2 Å². The summed E-state index contributed by atoms with van der Waals surface area (Å²) in [5.74, 6) is 0.0460. The van der Waals surface area contributed by atoms with Crippen LogP contribution in [0.1, 0.15) is 25.7 Å². The second-order valence-corrected chi connectivity index (χ2v) is 7.33. The maximum Gasteiger partial charge on any atom is 0.410 e. The predicted octanol–water partition coefficient (Wildman–Crippen LogP) is 0.823. The fraction of sp³-hybridized carbons (Fsp3) is 0.824. The molecule has 0 saturated carbocycles. The van der Waals surface area contributed by atoms with Crippen molar-refractivity contribution in [2.24, 2.45) is 5.92 Å². The number of likely N-dealkylation sites (tertiary alicyclic amines) is 2. The lowest BCUT2D eigenvalue weighted by Gasteiger charge is -2.39. The molecule has 140 valence electrons. The Kier molecular flexibility index (Phi) is 5.34. The fourth-order valence-corrected chi connectivity index (χ4v) is 4.03. The minimum absolute atomic E-state index is 0.0243. The van der Waals surface area contributed by atoms with Crippen molar-refractivity contribution in [3.05, 3.63) is 0 Å². The molecule has 3 aliphatic rings. The van der Waals surface area contributed by atoms with Crippen LogP contribution in [0, 0.1) is 5.92 Å². The minimum atomic E-state index is -0.227. The van der Waals surface area contributed by atoms with Gasteiger partial charge in [0.1, 0.15) is 6.61 Å². The van der Waals surface area contributed by atoms with Crippen LogP contribution in [0.5, 0.6) is 0 Å². The number of piperidine rings is 2. The molecule has 1 atom stereocenters. The Balaban J connectivity index is 1.52. The highest BCUT2D eigenvalue weighted by Crippen LogP contribution is 2.24. The summed E-state index contributed by atoms with van der Waals surface area (Å²) in [6.07, 6.45) is 3.08. The van der Waals surface area contributed by atoms with Crippen molar-refractivity contribution in [2.45, 2.75) is 31.7 Å². The molecule has 4 amide bonds. The van der Waals surface area contributed by atoms with Crippen LogP contribution in [0.2, 0.25) is 0 Å². The summed E-state index contributed by atoms with van der Waals surface area (Å²) in [6, 6.07) is 0.154. The van der Waals surface area contributed by atoms with E-state index >= 15 is 0 Å². The van der Waals surface area contributed by atoms with E-state index in [9.17, 15) is 14.4 Å². The van der Waals surface area contributed by atoms with Crippen LogP contribution in [0.25, 0.3) is 0 Å². The quantitative estimate of drug-likeness (QED) is 0.738. The van der Waals surface area contributed by atoms with E-state index in [4.69, 9.17) is 4.74 Å². The van der Waals surface area contributed by atoms with Gasteiger partial charge in [-0.05, 0) is 25.7 Å². The van der Waals surface area contributed by atoms with Gasteiger partial charge in [0.25, 0.3) is 0 Å². The van der Waals surface area contributed by atoms with Crippen LogP contribution in [0.15, 0.2) is 0 Å². The molecule has 8 nitrogen and oxygen atoms in total. The lowest BCUT2D eigenvalue weighted by atomic mass is 9.95. The normalized spacial score (nSPS) is 25.1. The Morgan fingerprint density at radius 1 is 1.04 bits per heavy atom. The average molecular weight is 352 g/mol. The summed E-state index contributed by atoms with van der Waals surface area (Å²) in [5.41, 5.74) is 0. The van der Waals surface area contributed by atoms with Crippen LogP contribution in [0.4, 0.5) is 9.59 Å². The second-order valence-electron chi connectivity index (χ2n) is 7.33. The molecule has 1 unspecified atom stereocenters. The van der Waals surface area contributed by atoms with Crippen molar-refractivity contribution in [3.63, 3.8) is 0 Å². The number of hydrogen-bond acceptors (Lipinski definition) is 4. The molecule has 3 heterocycles. The van der Waals surface area contributed by atoms with Crippen molar-refractivity contribution in [2.75, 3.05) is 53.4 Å². The van der Waals surface area contributed by atoms with Crippen molar-refractivity contribution < 1.29 is 19.1 Å². The van der Waals surface area contributed by atoms with Gasteiger partial charge in [0.05, 0.1) is 12.5 Å².